The Labute approximate surface area is 157 Å². The lowest BCUT2D eigenvalue weighted by atomic mass is 10.0. The average Bonchev–Trinajstić information content (AvgIpc) is 3.31. The molecule has 0 saturated carbocycles. The molecule has 2 aliphatic heterocycles. The summed E-state index contributed by atoms with van der Waals surface area (Å²) in [6, 6.07) is 16.8. The quantitative estimate of drug-likeness (QED) is 0.898. The van der Waals surface area contributed by atoms with Gasteiger partial charge in [0.1, 0.15) is 6.04 Å². The fourth-order valence-corrected chi connectivity index (χ4v) is 3.75. The summed E-state index contributed by atoms with van der Waals surface area (Å²) in [5, 5.41) is 9.50. The molecule has 2 aromatic rings. The Balaban J connectivity index is 1.47. The standard InChI is InChI=1S/C21H21NO5/c23-19(22-14-21(26-10-11-27-21)13-18(22)20(24)25)12-15-6-8-17(9-7-15)16-4-2-1-3-5-16/h1-9,18H,10-14H2,(H,24,25). The van der Waals surface area contributed by atoms with Crippen molar-refractivity contribution >= 4 is 11.9 Å². The highest BCUT2D eigenvalue weighted by Crippen LogP contribution is 2.35. The zero-order valence-electron chi connectivity index (χ0n) is 14.8. The monoisotopic (exact) mass is 367 g/mol. The highest BCUT2D eigenvalue weighted by molar-refractivity contribution is 5.86. The second-order valence-electron chi connectivity index (χ2n) is 6.93. The van der Waals surface area contributed by atoms with Crippen molar-refractivity contribution < 1.29 is 24.2 Å². The van der Waals surface area contributed by atoms with Crippen LogP contribution < -0.4 is 0 Å². The number of hydrogen-bond acceptors (Lipinski definition) is 4. The molecule has 0 bridgehead atoms. The number of carbonyl (C=O) groups is 2. The van der Waals surface area contributed by atoms with Crippen LogP contribution >= 0.6 is 0 Å². The van der Waals surface area contributed by atoms with Gasteiger partial charge in [-0.25, -0.2) is 4.79 Å². The number of carbonyl (C=O) groups excluding carboxylic acids is 1. The molecule has 2 saturated heterocycles. The first-order chi connectivity index (χ1) is 13.1. The zero-order valence-corrected chi connectivity index (χ0v) is 14.8. The first kappa shape index (κ1) is 17.7. The van der Waals surface area contributed by atoms with Crippen molar-refractivity contribution in [3.05, 3.63) is 60.2 Å². The molecule has 2 aromatic carbocycles. The third kappa shape index (κ3) is 3.59. The van der Waals surface area contributed by atoms with Gasteiger partial charge in [-0.15, -0.1) is 0 Å². The van der Waals surface area contributed by atoms with Crippen LogP contribution in [-0.4, -0.2) is 53.5 Å². The van der Waals surface area contributed by atoms with Crippen LogP contribution in [0.2, 0.25) is 0 Å². The van der Waals surface area contributed by atoms with E-state index in [1.807, 2.05) is 54.6 Å². The van der Waals surface area contributed by atoms with Gasteiger partial charge in [-0.1, -0.05) is 54.6 Å². The van der Waals surface area contributed by atoms with Crippen molar-refractivity contribution in [2.45, 2.75) is 24.7 Å². The fourth-order valence-electron chi connectivity index (χ4n) is 3.75. The van der Waals surface area contributed by atoms with Crippen LogP contribution in [0, 0.1) is 0 Å². The number of likely N-dealkylation sites (tertiary alicyclic amines) is 1. The largest absolute Gasteiger partial charge is 0.480 e. The molecular formula is C21H21NO5. The van der Waals surface area contributed by atoms with Crippen LogP contribution in [-0.2, 0) is 25.5 Å². The molecule has 0 aromatic heterocycles. The molecule has 6 nitrogen and oxygen atoms in total. The third-order valence-electron chi connectivity index (χ3n) is 5.13. The Morgan fingerprint density at radius 1 is 1.00 bits per heavy atom. The summed E-state index contributed by atoms with van der Waals surface area (Å²) in [6.07, 6.45) is 0.315. The molecule has 1 amide bonds. The van der Waals surface area contributed by atoms with Gasteiger partial charge in [-0.2, -0.15) is 0 Å². The Bertz CT molecular complexity index is 827. The van der Waals surface area contributed by atoms with Gasteiger partial charge in [-0.3, -0.25) is 4.79 Å². The molecule has 27 heavy (non-hydrogen) atoms. The molecule has 2 aliphatic rings. The van der Waals surface area contributed by atoms with E-state index in [1.165, 1.54) is 4.90 Å². The van der Waals surface area contributed by atoms with E-state index < -0.39 is 17.8 Å². The highest BCUT2D eigenvalue weighted by atomic mass is 16.7. The van der Waals surface area contributed by atoms with Crippen molar-refractivity contribution in [1.82, 2.24) is 4.90 Å². The fraction of sp³-hybridized carbons (Fsp3) is 0.333. The molecule has 1 spiro atoms. The summed E-state index contributed by atoms with van der Waals surface area (Å²) in [5.41, 5.74) is 3.03. The van der Waals surface area contributed by atoms with Gasteiger partial charge in [0, 0.05) is 6.42 Å². The minimum Gasteiger partial charge on any atom is -0.480 e. The van der Waals surface area contributed by atoms with Gasteiger partial charge in [0.15, 0.2) is 5.79 Å². The van der Waals surface area contributed by atoms with E-state index in [9.17, 15) is 14.7 Å². The van der Waals surface area contributed by atoms with Gasteiger partial charge in [0.05, 0.1) is 26.2 Å². The topological polar surface area (TPSA) is 76.1 Å². The molecule has 1 N–H and O–H groups in total. The van der Waals surface area contributed by atoms with Crippen LogP contribution in [0.5, 0.6) is 0 Å². The summed E-state index contributed by atoms with van der Waals surface area (Å²) < 4.78 is 11.2. The van der Waals surface area contributed by atoms with Crippen molar-refractivity contribution in [2.24, 2.45) is 0 Å². The molecule has 1 atom stereocenters. The molecule has 2 fully saturated rings. The van der Waals surface area contributed by atoms with Gasteiger partial charge in [0.2, 0.25) is 5.91 Å². The molecule has 6 heteroatoms. The van der Waals surface area contributed by atoms with Crippen LogP contribution in [0.4, 0.5) is 0 Å². The Hall–Kier alpha value is -2.70. The van der Waals surface area contributed by atoms with Crippen molar-refractivity contribution in [3.8, 4) is 11.1 Å². The molecule has 2 heterocycles. The molecule has 140 valence electrons. The van der Waals surface area contributed by atoms with Crippen molar-refractivity contribution in [2.75, 3.05) is 19.8 Å². The van der Waals surface area contributed by atoms with Gasteiger partial charge >= 0.3 is 5.97 Å². The lowest BCUT2D eigenvalue weighted by molar-refractivity contribution is -0.152. The number of nitrogens with zero attached hydrogens (tertiary/aromatic N) is 1. The second kappa shape index (κ2) is 7.13. The average molecular weight is 367 g/mol. The van der Waals surface area contributed by atoms with Gasteiger partial charge in [-0.05, 0) is 16.7 Å². The predicted molar refractivity (Wildman–Crippen MR) is 98.0 cm³/mol. The number of rotatable bonds is 4. The smallest absolute Gasteiger partial charge is 0.326 e. The molecule has 4 rings (SSSR count). The SMILES string of the molecule is O=C(O)C1CC2(CN1C(=O)Cc1ccc(-c3ccccc3)cc1)OCCO2. The number of ether oxygens (including phenoxy) is 2. The van der Waals surface area contributed by atoms with Crippen molar-refractivity contribution in [1.29, 1.82) is 0 Å². The second-order valence-corrected chi connectivity index (χ2v) is 6.93. The first-order valence-corrected chi connectivity index (χ1v) is 9.01. The number of aliphatic carboxylic acids is 1. The van der Waals surface area contributed by atoms with E-state index in [4.69, 9.17) is 9.47 Å². The Morgan fingerprint density at radius 3 is 2.26 bits per heavy atom. The van der Waals surface area contributed by atoms with Crippen LogP contribution in [0.25, 0.3) is 11.1 Å². The normalized spacial score (nSPS) is 20.9. The Kier molecular flexibility index (Phi) is 4.68. The van der Waals surface area contributed by atoms with Gasteiger partial charge < -0.3 is 19.5 Å². The van der Waals surface area contributed by atoms with Crippen LogP contribution in [0.3, 0.4) is 0 Å². The molecule has 0 radical (unpaired) electrons. The number of hydrogen-bond donors (Lipinski definition) is 1. The minimum absolute atomic E-state index is 0.148. The molecular weight excluding hydrogens is 346 g/mol. The maximum atomic E-state index is 12.8. The van der Waals surface area contributed by atoms with Gasteiger partial charge in [0.25, 0.3) is 0 Å². The van der Waals surface area contributed by atoms with E-state index in [2.05, 4.69) is 0 Å². The Morgan fingerprint density at radius 2 is 1.63 bits per heavy atom. The zero-order chi connectivity index (χ0) is 18.9. The number of amides is 1. The summed E-state index contributed by atoms with van der Waals surface area (Å²) in [6.45, 7) is 1.01. The van der Waals surface area contributed by atoms with E-state index in [0.29, 0.717) is 13.2 Å². The summed E-state index contributed by atoms with van der Waals surface area (Å²) in [4.78, 5) is 25.8. The van der Waals surface area contributed by atoms with Crippen LogP contribution in [0.1, 0.15) is 12.0 Å². The number of carboxylic acids is 1. The molecule has 0 aliphatic carbocycles. The van der Waals surface area contributed by atoms with E-state index in [-0.39, 0.29) is 25.3 Å². The van der Waals surface area contributed by atoms with E-state index in [1.54, 1.807) is 0 Å². The maximum absolute atomic E-state index is 12.8. The first-order valence-electron chi connectivity index (χ1n) is 9.01. The number of carboxylic acid groups (broad SMARTS) is 1. The summed E-state index contributed by atoms with van der Waals surface area (Å²) in [5.74, 6) is -2.22. The van der Waals surface area contributed by atoms with Crippen molar-refractivity contribution in [3.63, 3.8) is 0 Å². The summed E-state index contributed by atoms with van der Waals surface area (Å²) in [7, 11) is 0. The number of benzene rings is 2. The third-order valence-corrected chi connectivity index (χ3v) is 5.13. The lowest BCUT2D eigenvalue weighted by Crippen LogP contribution is -2.42. The lowest BCUT2D eigenvalue weighted by Gasteiger charge is -2.23. The van der Waals surface area contributed by atoms with Crippen LogP contribution in [0.15, 0.2) is 54.6 Å². The minimum atomic E-state index is -1.03. The summed E-state index contributed by atoms with van der Waals surface area (Å²) >= 11 is 0. The maximum Gasteiger partial charge on any atom is 0.326 e. The highest BCUT2D eigenvalue weighted by Gasteiger charge is 2.52. The van der Waals surface area contributed by atoms with E-state index >= 15 is 0 Å². The van der Waals surface area contributed by atoms with E-state index in [0.717, 1.165) is 16.7 Å². The predicted octanol–water partition coefficient (Wildman–Crippen LogP) is 2.32. The molecule has 1 unspecified atom stereocenters.